The molecular formula is C26H32N2O5. The molecule has 3 N–H and O–H groups in total. The maximum atomic E-state index is 12.8. The zero-order valence-electron chi connectivity index (χ0n) is 19.7. The zero-order chi connectivity index (χ0) is 24.3. The van der Waals surface area contributed by atoms with E-state index in [4.69, 9.17) is 4.74 Å². The molecule has 0 fully saturated rings. The van der Waals surface area contributed by atoms with Crippen molar-refractivity contribution in [3.8, 4) is 11.1 Å². The number of nitrogens with one attached hydrogen (secondary N) is 2. The minimum atomic E-state index is -1.13. The number of hydrogen-bond donors (Lipinski definition) is 3. The molecule has 1 aliphatic carbocycles. The molecule has 3 rings (SSSR count). The molecule has 2 aromatic rings. The van der Waals surface area contributed by atoms with Crippen LogP contribution in [0.5, 0.6) is 0 Å². The van der Waals surface area contributed by atoms with Gasteiger partial charge in [-0.2, -0.15) is 0 Å². The van der Waals surface area contributed by atoms with Gasteiger partial charge in [-0.15, -0.1) is 0 Å². The molecule has 0 aliphatic heterocycles. The van der Waals surface area contributed by atoms with E-state index in [0.29, 0.717) is 0 Å². The van der Waals surface area contributed by atoms with Crippen LogP contribution in [0.2, 0.25) is 0 Å². The number of carboxylic acid groups (broad SMARTS) is 1. The van der Waals surface area contributed by atoms with E-state index in [0.717, 1.165) is 22.3 Å². The number of amides is 2. The normalized spacial score (nSPS) is 14.7. The SMILES string of the molecule is CC(C)C(NC(=O)OCC1c2ccccc2-c2ccccc21)C(=O)NC(C(=O)O)C(C)(C)C. The number of ether oxygens (including phenoxy) is 1. The topological polar surface area (TPSA) is 105 Å². The highest BCUT2D eigenvalue weighted by Gasteiger charge is 2.36. The van der Waals surface area contributed by atoms with Crippen LogP contribution >= 0.6 is 0 Å². The molecule has 176 valence electrons. The van der Waals surface area contributed by atoms with Crippen molar-refractivity contribution in [2.24, 2.45) is 11.3 Å². The van der Waals surface area contributed by atoms with E-state index in [-0.39, 0.29) is 18.4 Å². The molecule has 2 amide bonds. The van der Waals surface area contributed by atoms with Crippen molar-refractivity contribution in [1.29, 1.82) is 0 Å². The minimum absolute atomic E-state index is 0.0910. The molecule has 0 bridgehead atoms. The first-order chi connectivity index (χ1) is 15.5. The summed E-state index contributed by atoms with van der Waals surface area (Å²) in [4.78, 5) is 37.1. The van der Waals surface area contributed by atoms with Crippen molar-refractivity contribution in [2.45, 2.75) is 52.6 Å². The third kappa shape index (κ3) is 5.35. The average molecular weight is 453 g/mol. The van der Waals surface area contributed by atoms with E-state index in [9.17, 15) is 19.5 Å². The maximum Gasteiger partial charge on any atom is 0.407 e. The second kappa shape index (κ2) is 9.65. The summed E-state index contributed by atoms with van der Waals surface area (Å²) >= 11 is 0. The Hall–Kier alpha value is -3.35. The van der Waals surface area contributed by atoms with Gasteiger partial charge in [0.15, 0.2) is 0 Å². The van der Waals surface area contributed by atoms with Crippen LogP contribution in [-0.4, -0.2) is 41.8 Å². The highest BCUT2D eigenvalue weighted by Crippen LogP contribution is 2.44. The molecule has 1 aliphatic rings. The molecule has 2 atom stereocenters. The van der Waals surface area contributed by atoms with Gasteiger partial charge in [0.25, 0.3) is 0 Å². The largest absolute Gasteiger partial charge is 0.480 e. The van der Waals surface area contributed by atoms with Crippen molar-refractivity contribution in [2.75, 3.05) is 6.61 Å². The second-order valence-corrected chi connectivity index (χ2v) is 9.84. The lowest BCUT2D eigenvalue weighted by Crippen LogP contribution is -2.57. The fourth-order valence-electron chi connectivity index (χ4n) is 4.18. The van der Waals surface area contributed by atoms with Gasteiger partial charge < -0.3 is 20.5 Å². The Bertz CT molecular complexity index is 995. The van der Waals surface area contributed by atoms with E-state index in [1.807, 2.05) is 36.4 Å². The molecule has 7 nitrogen and oxygen atoms in total. The lowest BCUT2D eigenvalue weighted by molar-refractivity contribution is -0.145. The number of aliphatic carboxylic acids is 1. The van der Waals surface area contributed by atoms with Crippen molar-refractivity contribution in [3.63, 3.8) is 0 Å². The van der Waals surface area contributed by atoms with Gasteiger partial charge in [-0.3, -0.25) is 4.79 Å². The quantitative estimate of drug-likeness (QED) is 0.585. The summed E-state index contributed by atoms with van der Waals surface area (Å²) in [5.41, 5.74) is 3.76. The van der Waals surface area contributed by atoms with Gasteiger partial charge in [-0.1, -0.05) is 83.1 Å². The van der Waals surface area contributed by atoms with Crippen molar-refractivity contribution in [1.82, 2.24) is 10.6 Å². The summed E-state index contributed by atoms with van der Waals surface area (Å²) in [6.45, 7) is 8.88. The highest BCUT2D eigenvalue weighted by molar-refractivity contribution is 5.89. The maximum absolute atomic E-state index is 12.8. The molecule has 0 aromatic heterocycles. The standard InChI is InChI=1S/C26H32N2O5/c1-15(2)21(23(29)28-22(24(30)31)26(3,4)5)27-25(32)33-14-20-18-12-8-6-10-16(18)17-11-7-9-13-19(17)20/h6-13,15,20-22H,14H2,1-5H3,(H,27,32)(H,28,29)(H,30,31). The molecule has 0 spiro atoms. The predicted octanol–water partition coefficient (Wildman–Crippen LogP) is 4.17. The van der Waals surface area contributed by atoms with Crippen LogP contribution in [0.3, 0.4) is 0 Å². The van der Waals surface area contributed by atoms with Gasteiger partial charge in [0.2, 0.25) is 5.91 Å². The Labute approximate surface area is 194 Å². The van der Waals surface area contributed by atoms with E-state index >= 15 is 0 Å². The average Bonchev–Trinajstić information content (AvgIpc) is 3.06. The number of rotatable bonds is 7. The number of fused-ring (bicyclic) bond motifs is 3. The lowest BCUT2D eigenvalue weighted by atomic mass is 9.86. The molecule has 2 unspecified atom stereocenters. The summed E-state index contributed by atoms with van der Waals surface area (Å²) < 4.78 is 5.54. The van der Waals surface area contributed by atoms with Crippen LogP contribution in [0.4, 0.5) is 4.79 Å². The first kappa shape index (κ1) is 24.3. The fourth-order valence-corrected chi connectivity index (χ4v) is 4.18. The Kier molecular flexibility index (Phi) is 7.10. The Morgan fingerprint density at radius 1 is 0.939 bits per heavy atom. The molecular weight excluding hydrogens is 420 g/mol. The zero-order valence-corrected chi connectivity index (χ0v) is 19.7. The molecule has 0 radical (unpaired) electrons. The van der Waals surface area contributed by atoms with Crippen LogP contribution in [0, 0.1) is 11.3 Å². The third-order valence-corrected chi connectivity index (χ3v) is 5.97. The van der Waals surface area contributed by atoms with Gasteiger partial charge in [0.1, 0.15) is 18.7 Å². The summed E-state index contributed by atoms with van der Waals surface area (Å²) in [5.74, 6) is -2.04. The first-order valence-electron chi connectivity index (χ1n) is 11.2. The van der Waals surface area contributed by atoms with Crippen molar-refractivity contribution >= 4 is 18.0 Å². The minimum Gasteiger partial charge on any atom is -0.480 e. The smallest absolute Gasteiger partial charge is 0.407 e. The molecule has 0 saturated carbocycles. The fraction of sp³-hybridized carbons (Fsp3) is 0.423. The number of alkyl carbamates (subject to hydrolysis) is 1. The van der Waals surface area contributed by atoms with Gasteiger partial charge in [-0.05, 0) is 33.6 Å². The number of carboxylic acids is 1. The van der Waals surface area contributed by atoms with Gasteiger partial charge in [0, 0.05) is 5.92 Å². The van der Waals surface area contributed by atoms with Crippen LogP contribution in [0.25, 0.3) is 11.1 Å². The Morgan fingerprint density at radius 2 is 1.45 bits per heavy atom. The number of carbonyl (C=O) groups is 3. The number of benzene rings is 2. The number of hydrogen-bond acceptors (Lipinski definition) is 4. The molecule has 33 heavy (non-hydrogen) atoms. The van der Waals surface area contributed by atoms with Crippen LogP contribution in [0.1, 0.15) is 51.7 Å². The molecule has 0 saturated heterocycles. The monoisotopic (exact) mass is 452 g/mol. The van der Waals surface area contributed by atoms with Gasteiger partial charge in [0.05, 0.1) is 0 Å². The van der Waals surface area contributed by atoms with E-state index in [1.54, 1.807) is 34.6 Å². The first-order valence-corrected chi connectivity index (χ1v) is 11.2. The predicted molar refractivity (Wildman–Crippen MR) is 126 cm³/mol. The van der Waals surface area contributed by atoms with Crippen LogP contribution in [-0.2, 0) is 14.3 Å². The summed E-state index contributed by atoms with van der Waals surface area (Å²) in [7, 11) is 0. The second-order valence-electron chi connectivity index (χ2n) is 9.84. The van der Waals surface area contributed by atoms with Crippen molar-refractivity contribution < 1.29 is 24.2 Å². The molecule has 0 heterocycles. The number of carbonyl (C=O) groups excluding carboxylic acids is 2. The van der Waals surface area contributed by atoms with E-state index in [1.165, 1.54) is 0 Å². The summed E-state index contributed by atoms with van der Waals surface area (Å²) in [6, 6.07) is 14.1. The molecule has 7 heteroatoms. The van der Waals surface area contributed by atoms with Gasteiger partial charge in [-0.25, -0.2) is 9.59 Å². The van der Waals surface area contributed by atoms with Crippen LogP contribution in [0.15, 0.2) is 48.5 Å². The highest BCUT2D eigenvalue weighted by atomic mass is 16.5. The summed E-state index contributed by atoms with van der Waals surface area (Å²) in [6.07, 6.45) is -0.714. The lowest BCUT2D eigenvalue weighted by Gasteiger charge is -2.30. The molecule has 2 aromatic carbocycles. The van der Waals surface area contributed by atoms with Gasteiger partial charge >= 0.3 is 12.1 Å². The van der Waals surface area contributed by atoms with E-state index < -0.39 is 35.5 Å². The third-order valence-electron chi connectivity index (χ3n) is 5.97. The van der Waals surface area contributed by atoms with E-state index in [2.05, 4.69) is 22.8 Å². The Morgan fingerprint density at radius 3 is 1.91 bits per heavy atom. The summed E-state index contributed by atoms with van der Waals surface area (Å²) in [5, 5.41) is 14.7. The van der Waals surface area contributed by atoms with Crippen molar-refractivity contribution in [3.05, 3.63) is 59.7 Å². The Balaban J connectivity index is 1.68. The van der Waals surface area contributed by atoms with Crippen LogP contribution < -0.4 is 10.6 Å².